The maximum Gasteiger partial charge on any atom is 0.194 e. The Morgan fingerprint density at radius 2 is 1.89 bits per heavy atom. The summed E-state index contributed by atoms with van der Waals surface area (Å²) in [6.45, 7) is 2.52. The van der Waals surface area contributed by atoms with Crippen molar-refractivity contribution in [2.24, 2.45) is 0 Å². The molecule has 0 aliphatic heterocycles. The highest BCUT2D eigenvalue weighted by Gasteiger charge is 2.17. The molecule has 2 aromatic rings. The fourth-order valence-electron chi connectivity index (χ4n) is 1.98. The lowest BCUT2D eigenvalue weighted by molar-refractivity contribution is 0.439. The van der Waals surface area contributed by atoms with Crippen LogP contribution in [-0.4, -0.2) is 6.54 Å². The van der Waals surface area contributed by atoms with E-state index in [-0.39, 0.29) is 6.04 Å². The standard InChI is InChI=1S/C14H14F3NO/c1-2-18-13(5-9-3-4-19-8-9)10-6-11(15)14(17)12(16)7-10/h3-4,6-8,13,18H,2,5H2,1H3. The summed E-state index contributed by atoms with van der Waals surface area (Å²) in [5.74, 6) is -3.79. The minimum absolute atomic E-state index is 0.299. The highest BCUT2D eigenvalue weighted by Crippen LogP contribution is 2.22. The SMILES string of the molecule is CCNC(Cc1ccoc1)c1cc(F)c(F)c(F)c1. The van der Waals surface area contributed by atoms with Gasteiger partial charge in [-0.2, -0.15) is 0 Å². The zero-order chi connectivity index (χ0) is 13.8. The van der Waals surface area contributed by atoms with Gasteiger partial charge in [-0.3, -0.25) is 0 Å². The van der Waals surface area contributed by atoms with Crippen molar-refractivity contribution in [1.82, 2.24) is 5.32 Å². The van der Waals surface area contributed by atoms with Gasteiger partial charge in [-0.1, -0.05) is 6.92 Å². The molecule has 0 bridgehead atoms. The number of likely N-dealkylation sites (N-methyl/N-ethyl adjacent to an activating group) is 1. The number of hydrogen-bond acceptors (Lipinski definition) is 2. The topological polar surface area (TPSA) is 25.2 Å². The molecule has 0 spiro atoms. The van der Waals surface area contributed by atoms with Crippen molar-refractivity contribution in [3.05, 3.63) is 59.3 Å². The van der Waals surface area contributed by atoms with Crippen molar-refractivity contribution in [2.45, 2.75) is 19.4 Å². The quantitative estimate of drug-likeness (QED) is 0.839. The molecule has 0 aliphatic carbocycles. The molecule has 0 saturated heterocycles. The first-order valence-electron chi connectivity index (χ1n) is 6.00. The average Bonchev–Trinajstić information content (AvgIpc) is 2.88. The molecule has 1 aromatic heterocycles. The van der Waals surface area contributed by atoms with Crippen molar-refractivity contribution in [2.75, 3.05) is 6.54 Å². The van der Waals surface area contributed by atoms with Gasteiger partial charge in [0.15, 0.2) is 17.5 Å². The number of hydrogen-bond donors (Lipinski definition) is 1. The van der Waals surface area contributed by atoms with E-state index >= 15 is 0 Å². The van der Waals surface area contributed by atoms with E-state index in [1.54, 1.807) is 12.3 Å². The molecule has 1 heterocycles. The Morgan fingerprint density at radius 1 is 1.21 bits per heavy atom. The van der Waals surface area contributed by atoms with Gasteiger partial charge in [0.05, 0.1) is 12.5 Å². The molecule has 5 heteroatoms. The van der Waals surface area contributed by atoms with Gasteiger partial charge in [-0.05, 0) is 42.3 Å². The molecule has 2 nitrogen and oxygen atoms in total. The van der Waals surface area contributed by atoms with Crippen LogP contribution >= 0.6 is 0 Å². The molecule has 0 saturated carbocycles. The molecular formula is C14H14F3NO. The van der Waals surface area contributed by atoms with Crippen LogP contribution in [0.1, 0.15) is 24.1 Å². The summed E-state index contributed by atoms with van der Waals surface area (Å²) >= 11 is 0. The van der Waals surface area contributed by atoms with Crippen molar-refractivity contribution in [3.63, 3.8) is 0 Å². The number of nitrogens with one attached hydrogen (secondary N) is 1. The Hall–Kier alpha value is -1.75. The minimum Gasteiger partial charge on any atom is -0.472 e. The minimum atomic E-state index is -1.44. The molecule has 0 aliphatic rings. The summed E-state index contributed by atoms with van der Waals surface area (Å²) in [5, 5.41) is 3.11. The Kier molecular flexibility index (Phi) is 4.27. The summed E-state index contributed by atoms with van der Waals surface area (Å²) in [5.41, 5.74) is 1.27. The average molecular weight is 269 g/mol. The van der Waals surface area contributed by atoms with Crippen molar-refractivity contribution in [1.29, 1.82) is 0 Å². The molecule has 1 unspecified atom stereocenters. The predicted octanol–water partition coefficient (Wildman–Crippen LogP) is 3.59. The molecule has 0 radical (unpaired) electrons. The Labute approximate surface area is 109 Å². The van der Waals surface area contributed by atoms with Crippen LogP contribution in [0.15, 0.2) is 35.1 Å². The Bertz CT molecular complexity index is 517. The second-order valence-electron chi connectivity index (χ2n) is 4.24. The monoisotopic (exact) mass is 269 g/mol. The van der Waals surface area contributed by atoms with Gasteiger partial charge in [0.1, 0.15) is 0 Å². The fraction of sp³-hybridized carbons (Fsp3) is 0.286. The van der Waals surface area contributed by atoms with Crippen molar-refractivity contribution < 1.29 is 17.6 Å². The van der Waals surface area contributed by atoms with Crippen LogP contribution in [-0.2, 0) is 6.42 Å². The van der Waals surface area contributed by atoms with Crippen LogP contribution in [0.25, 0.3) is 0 Å². The number of rotatable bonds is 5. The van der Waals surface area contributed by atoms with Gasteiger partial charge in [-0.15, -0.1) is 0 Å². The molecular weight excluding hydrogens is 255 g/mol. The number of benzene rings is 1. The number of halogens is 3. The molecule has 102 valence electrons. The van der Waals surface area contributed by atoms with E-state index in [1.807, 2.05) is 6.92 Å². The maximum atomic E-state index is 13.3. The first-order valence-corrected chi connectivity index (χ1v) is 6.00. The molecule has 1 atom stereocenters. The van der Waals surface area contributed by atoms with Gasteiger partial charge in [0.25, 0.3) is 0 Å². The first-order chi connectivity index (χ1) is 9.11. The Balaban J connectivity index is 2.28. The van der Waals surface area contributed by atoms with Crippen LogP contribution < -0.4 is 5.32 Å². The van der Waals surface area contributed by atoms with Crippen LogP contribution in [0.3, 0.4) is 0 Å². The lowest BCUT2D eigenvalue weighted by Crippen LogP contribution is -2.23. The molecule has 0 fully saturated rings. The largest absolute Gasteiger partial charge is 0.472 e. The van der Waals surface area contributed by atoms with Gasteiger partial charge < -0.3 is 9.73 Å². The lowest BCUT2D eigenvalue weighted by Gasteiger charge is -2.18. The van der Waals surface area contributed by atoms with Gasteiger partial charge >= 0.3 is 0 Å². The summed E-state index contributed by atoms with van der Waals surface area (Å²) in [6, 6.07) is 3.52. The molecule has 1 N–H and O–H groups in total. The number of furan rings is 1. The zero-order valence-corrected chi connectivity index (χ0v) is 10.4. The van der Waals surface area contributed by atoms with Gasteiger partial charge in [-0.25, -0.2) is 13.2 Å². The third-order valence-electron chi connectivity index (χ3n) is 2.88. The summed E-state index contributed by atoms with van der Waals surface area (Å²) in [4.78, 5) is 0. The third-order valence-corrected chi connectivity index (χ3v) is 2.88. The predicted molar refractivity (Wildman–Crippen MR) is 65.1 cm³/mol. The lowest BCUT2D eigenvalue weighted by atomic mass is 10.00. The van der Waals surface area contributed by atoms with Gasteiger partial charge in [0, 0.05) is 6.04 Å². The molecule has 0 amide bonds. The zero-order valence-electron chi connectivity index (χ0n) is 10.4. The van der Waals surface area contributed by atoms with E-state index in [9.17, 15) is 13.2 Å². The fourth-order valence-corrected chi connectivity index (χ4v) is 1.98. The first kappa shape index (κ1) is 13.7. The van der Waals surface area contributed by atoms with E-state index < -0.39 is 17.5 Å². The molecule has 19 heavy (non-hydrogen) atoms. The van der Waals surface area contributed by atoms with E-state index in [0.29, 0.717) is 18.5 Å². The highest BCUT2D eigenvalue weighted by atomic mass is 19.2. The van der Waals surface area contributed by atoms with Gasteiger partial charge in [0.2, 0.25) is 0 Å². The summed E-state index contributed by atoms with van der Waals surface area (Å²) < 4.78 is 44.4. The van der Waals surface area contributed by atoms with Crippen molar-refractivity contribution in [3.8, 4) is 0 Å². The van der Waals surface area contributed by atoms with Crippen LogP contribution in [0, 0.1) is 17.5 Å². The van der Waals surface area contributed by atoms with E-state index in [4.69, 9.17) is 4.42 Å². The molecule has 1 aromatic carbocycles. The molecule has 2 rings (SSSR count). The van der Waals surface area contributed by atoms with E-state index in [1.165, 1.54) is 6.26 Å². The third kappa shape index (κ3) is 3.17. The Morgan fingerprint density at radius 3 is 2.42 bits per heavy atom. The maximum absolute atomic E-state index is 13.3. The highest BCUT2D eigenvalue weighted by molar-refractivity contribution is 5.25. The normalized spacial score (nSPS) is 12.6. The van der Waals surface area contributed by atoms with Crippen molar-refractivity contribution >= 4 is 0 Å². The second-order valence-corrected chi connectivity index (χ2v) is 4.24. The summed E-state index contributed by atoms with van der Waals surface area (Å²) in [7, 11) is 0. The van der Waals surface area contributed by atoms with Crippen LogP contribution in [0.2, 0.25) is 0 Å². The van der Waals surface area contributed by atoms with E-state index in [0.717, 1.165) is 17.7 Å². The summed E-state index contributed by atoms with van der Waals surface area (Å²) in [6.07, 6.45) is 3.61. The van der Waals surface area contributed by atoms with E-state index in [2.05, 4.69) is 5.32 Å². The second kappa shape index (κ2) is 5.93. The smallest absolute Gasteiger partial charge is 0.194 e. The van der Waals surface area contributed by atoms with Crippen LogP contribution in [0.5, 0.6) is 0 Å². The van der Waals surface area contributed by atoms with Crippen LogP contribution in [0.4, 0.5) is 13.2 Å².